The molecule has 2 aromatic carbocycles. The van der Waals surface area contributed by atoms with Crippen molar-refractivity contribution < 1.29 is 4.11 Å². The van der Waals surface area contributed by atoms with E-state index in [1.54, 1.807) is 0 Å². The number of halogens is 1. The van der Waals surface area contributed by atoms with Crippen molar-refractivity contribution >= 4 is 23.8 Å². The zero-order chi connectivity index (χ0) is 16.3. The molecule has 1 heterocycles. The third-order valence-corrected chi connectivity index (χ3v) is 3.91. The fraction of sp³-hybridized carbons (Fsp3) is 0.333. The van der Waals surface area contributed by atoms with Gasteiger partial charge in [0.1, 0.15) is 0 Å². The normalized spacial score (nSPS) is 15.6. The Morgan fingerprint density at radius 1 is 1.00 bits per heavy atom. The number of fused-ring (bicyclic) bond motifs is 2. The van der Waals surface area contributed by atoms with E-state index < -0.39 is 6.98 Å². The standard InChI is InChI=1S/C18H22N2.ClH/c1-19-13-6-14-20-17-9-4-2-7-15(17)11-12-16-8-3-5-10-18(16)20;/h2-5,7-10,19H,6,11-14H2,1H3;1H/i1D3;. The van der Waals surface area contributed by atoms with Crippen molar-refractivity contribution in [2.24, 2.45) is 0 Å². The van der Waals surface area contributed by atoms with Crippen LogP contribution < -0.4 is 10.2 Å². The van der Waals surface area contributed by atoms with Gasteiger partial charge in [0.15, 0.2) is 0 Å². The molecule has 1 N–H and O–H groups in total. The summed E-state index contributed by atoms with van der Waals surface area (Å²) in [5.74, 6) is 0. The molecule has 3 heteroatoms. The minimum atomic E-state index is -2.06. The molecule has 1 aliphatic rings. The number of para-hydroxylation sites is 2. The minimum Gasteiger partial charge on any atom is -0.341 e. The highest BCUT2D eigenvalue weighted by Crippen LogP contribution is 2.35. The number of rotatable bonds is 4. The van der Waals surface area contributed by atoms with Crippen LogP contribution in [0.5, 0.6) is 0 Å². The first-order valence-electron chi connectivity index (χ1n) is 8.73. The second kappa shape index (κ2) is 7.48. The molecular formula is C18H23ClN2. The second-order valence-corrected chi connectivity index (χ2v) is 5.19. The molecule has 2 nitrogen and oxygen atoms in total. The molecule has 0 saturated heterocycles. The number of hydrogen-bond acceptors (Lipinski definition) is 2. The Labute approximate surface area is 137 Å². The van der Waals surface area contributed by atoms with E-state index in [1.807, 2.05) is 0 Å². The van der Waals surface area contributed by atoms with E-state index in [4.69, 9.17) is 4.11 Å². The van der Waals surface area contributed by atoms with Gasteiger partial charge < -0.3 is 10.2 Å². The monoisotopic (exact) mass is 305 g/mol. The van der Waals surface area contributed by atoms with Gasteiger partial charge in [-0.15, -0.1) is 12.4 Å². The summed E-state index contributed by atoms with van der Waals surface area (Å²) >= 11 is 0. The molecule has 2 aromatic rings. The van der Waals surface area contributed by atoms with Gasteiger partial charge in [-0.2, -0.15) is 0 Å². The Morgan fingerprint density at radius 2 is 1.57 bits per heavy atom. The number of aryl methyl sites for hydroxylation is 2. The highest BCUT2D eigenvalue weighted by molar-refractivity contribution is 5.85. The summed E-state index contributed by atoms with van der Waals surface area (Å²) < 4.78 is 21.7. The molecule has 0 fully saturated rings. The SMILES string of the molecule is Cl.[2H]C([2H])([2H])NCCCN1c2ccccc2CCc2ccccc21. The number of nitrogens with zero attached hydrogens (tertiary/aromatic N) is 1. The Hall–Kier alpha value is -1.51. The predicted octanol–water partition coefficient (Wildman–Crippen LogP) is 3.95. The molecule has 0 aromatic heterocycles. The van der Waals surface area contributed by atoms with Crippen LogP contribution in [0.25, 0.3) is 0 Å². The molecule has 112 valence electrons. The van der Waals surface area contributed by atoms with E-state index in [0.717, 1.165) is 25.8 Å². The van der Waals surface area contributed by atoms with E-state index >= 15 is 0 Å². The van der Waals surface area contributed by atoms with Crippen LogP contribution in [-0.4, -0.2) is 20.1 Å². The molecule has 0 amide bonds. The van der Waals surface area contributed by atoms with Crippen LogP contribution in [0.1, 0.15) is 21.7 Å². The first kappa shape index (κ1) is 12.1. The van der Waals surface area contributed by atoms with Gasteiger partial charge in [-0.05, 0) is 56.0 Å². The van der Waals surface area contributed by atoms with Gasteiger partial charge in [0.2, 0.25) is 0 Å². The maximum atomic E-state index is 7.23. The lowest BCUT2D eigenvalue weighted by Crippen LogP contribution is -2.22. The molecule has 0 atom stereocenters. The lowest BCUT2D eigenvalue weighted by molar-refractivity contribution is 0.723. The highest BCUT2D eigenvalue weighted by atomic mass is 35.5. The molecule has 3 rings (SSSR count). The average molecular weight is 306 g/mol. The number of hydrogen-bond donors (Lipinski definition) is 1. The van der Waals surface area contributed by atoms with Crippen molar-refractivity contribution in [3.8, 4) is 0 Å². The third-order valence-electron chi connectivity index (χ3n) is 3.91. The Kier molecular flexibility index (Phi) is 4.30. The summed E-state index contributed by atoms with van der Waals surface area (Å²) in [5, 5.41) is 2.60. The van der Waals surface area contributed by atoms with E-state index in [-0.39, 0.29) is 12.4 Å². The molecule has 1 aliphatic heterocycles. The van der Waals surface area contributed by atoms with Crippen LogP contribution >= 0.6 is 12.4 Å². The van der Waals surface area contributed by atoms with E-state index in [0.29, 0.717) is 6.54 Å². The van der Waals surface area contributed by atoms with Crippen LogP contribution in [0.3, 0.4) is 0 Å². The summed E-state index contributed by atoms with van der Waals surface area (Å²) in [4.78, 5) is 2.33. The van der Waals surface area contributed by atoms with Crippen LogP contribution in [-0.2, 0) is 12.8 Å². The number of anilines is 2. The van der Waals surface area contributed by atoms with Gasteiger partial charge in [0.25, 0.3) is 0 Å². The quantitative estimate of drug-likeness (QED) is 0.860. The van der Waals surface area contributed by atoms with Crippen molar-refractivity contribution in [2.45, 2.75) is 19.3 Å². The fourth-order valence-corrected chi connectivity index (χ4v) is 2.94. The average Bonchev–Trinajstić information content (AvgIpc) is 2.68. The first-order valence-corrected chi connectivity index (χ1v) is 7.23. The minimum absolute atomic E-state index is 0. The molecule has 0 radical (unpaired) electrons. The van der Waals surface area contributed by atoms with Crippen molar-refractivity contribution in [3.63, 3.8) is 0 Å². The second-order valence-electron chi connectivity index (χ2n) is 5.19. The summed E-state index contributed by atoms with van der Waals surface area (Å²) in [7, 11) is 0. The van der Waals surface area contributed by atoms with Gasteiger partial charge >= 0.3 is 0 Å². The summed E-state index contributed by atoms with van der Waals surface area (Å²) in [6.45, 7) is -0.775. The Morgan fingerprint density at radius 3 is 2.14 bits per heavy atom. The summed E-state index contributed by atoms with van der Waals surface area (Å²) in [6, 6.07) is 17.0. The molecule has 0 saturated carbocycles. The highest BCUT2D eigenvalue weighted by Gasteiger charge is 2.19. The van der Waals surface area contributed by atoms with Crippen LogP contribution in [0.4, 0.5) is 11.4 Å². The molecular weight excluding hydrogens is 280 g/mol. The lowest BCUT2D eigenvalue weighted by atomic mass is 10.0. The zero-order valence-electron chi connectivity index (χ0n) is 15.0. The van der Waals surface area contributed by atoms with Crippen molar-refractivity contribution in [1.29, 1.82) is 0 Å². The van der Waals surface area contributed by atoms with Crippen LogP contribution in [0, 0.1) is 0 Å². The summed E-state index contributed by atoms with van der Waals surface area (Å²) in [6.07, 6.45) is 2.86. The lowest BCUT2D eigenvalue weighted by Gasteiger charge is -2.27. The summed E-state index contributed by atoms with van der Waals surface area (Å²) in [5.41, 5.74) is 5.19. The Balaban J connectivity index is 0.00000208. The first-order chi connectivity index (χ1) is 11.0. The largest absolute Gasteiger partial charge is 0.341 e. The van der Waals surface area contributed by atoms with Gasteiger partial charge in [0.05, 0.1) is 0 Å². The molecule has 0 aliphatic carbocycles. The van der Waals surface area contributed by atoms with Gasteiger partial charge in [-0.25, -0.2) is 0 Å². The Bertz CT molecular complexity index is 626. The van der Waals surface area contributed by atoms with Gasteiger partial charge in [0, 0.05) is 22.0 Å². The number of benzene rings is 2. The smallest absolute Gasteiger partial charge is 0.0443 e. The molecule has 21 heavy (non-hydrogen) atoms. The third kappa shape index (κ3) is 3.39. The van der Waals surface area contributed by atoms with Crippen LogP contribution in [0.2, 0.25) is 0 Å². The number of nitrogens with one attached hydrogen (secondary N) is 1. The van der Waals surface area contributed by atoms with Crippen molar-refractivity contribution in [3.05, 3.63) is 59.7 Å². The van der Waals surface area contributed by atoms with Crippen molar-refractivity contribution in [2.75, 3.05) is 25.0 Å². The predicted molar refractivity (Wildman–Crippen MR) is 93.1 cm³/mol. The van der Waals surface area contributed by atoms with Gasteiger partial charge in [-0.3, -0.25) is 0 Å². The van der Waals surface area contributed by atoms with E-state index in [9.17, 15) is 0 Å². The van der Waals surface area contributed by atoms with Crippen LogP contribution in [0.15, 0.2) is 48.5 Å². The van der Waals surface area contributed by atoms with E-state index in [1.165, 1.54) is 22.5 Å². The maximum Gasteiger partial charge on any atom is 0.0443 e. The van der Waals surface area contributed by atoms with E-state index in [2.05, 4.69) is 58.7 Å². The maximum absolute atomic E-state index is 7.23. The fourth-order valence-electron chi connectivity index (χ4n) is 2.94. The molecule has 0 unspecified atom stereocenters. The zero-order valence-corrected chi connectivity index (χ0v) is 12.8. The topological polar surface area (TPSA) is 15.3 Å². The van der Waals surface area contributed by atoms with Crippen molar-refractivity contribution in [1.82, 2.24) is 5.32 Å². The molecule has 0 bridgehead atoms. The van der Waals surface area contributed by atoms with Gasteiger partial charge in [-0.1, -0.05) is 36.4 Å². The molecule has 0 spiro atoms.